The van der Waals surface area contributed by atoms with Crippen LogP contribution in [0.3, 0.4) is 0 Å². The third kappa shape index (κ3) is 5.21. The fourth-order valence-corrected chi connectivity index (χ4v) is 1.19. The maximum absolute atomic E-state index is 12.0. The predicted molar refractivity (Wildman–Crippen MR) is 61.6 cm³/mol. The summed E-state index contributed by atoms with van der Waals surface area (Å²) in [4.78, 5) is 14.7. The number of nitrogens with one attached hydrogen (secondary N) is 1. The van der Waals surface area contributed by atoms with Crippen molar-refractivity contribution in [1.82, 2.24) is 10.3 Å². The number of halogens is 3. The van der Waals surface area contributed by atoms with Crippen molar-refractivity contribution in [2.45, 2.75) is 12.8 Å². The van der Waals surface area contributed by atoms with Gasteiger partial charge in [0.05, 0.1) is 12.7 Å². The third-order valence-corrected chi connectivity index (χ3v) is 2.05. The Morgan fingerprint density at radius 1 is 1.40 bits per heavy atom. The Morgan fingerprint density at radius 2 is 2.10 bits per heavy atom. The Kier molecular flexibility index (Phi) is 5.42. The maximum Gasteiger partial charge on any atom is 0.422 e. The molecule has 1 rings (SSSR count). The van der Waals surface area contributed by atoms with Gasteiger partial charge in [0.25, 0.3) is 0 Å². The number of carbonyl (C=O) groups excluding carboxylic acids is 1. The lowest BCUT2D eigenvalue weighted by atomic mass is 10.3. The van der Waals surface area contributed by atoms with Gasteiger partial charge in [-0.25, -0.2) is 4.79 Å². The van der Waals surface area contributed by atoms with Crippen molar-refractivity contribution in [1.29, 1.82) is 0 Å². The van der Waals surface area contributed by atoms with Crippen LogP contribution >= 0.6 is 0 Å². The number of pyridine rings is 1. The molecule has 0 aliphatic rings. The highest BCUT2D eigenvalue weighted by Crippen LogP contribution is 2.22. The smallest absolute Gasteiger partial charge is 0.422 e. The van der Waals surface area contributed by atoms with Crippen LogP contribution in [0.4, 0.5) is 18.0 Å². The summed E-state index contributed by atoms with van der Waals surface area (Å²) in [5.74, 6) is -0.212. The highest BCUT2D eigenvalue weighted by atomic mass is 19.4. The molecule has 0 unspecified atom stereocenters. The number of alkyl halides is 3. The summed E-state index contributed by atoms with van der Waals surface area (Å²) < 4.78 is 50.2. The molecule has 1 aromatic rings. The number of amides is 1. The topological polar surface area (TPSA) is 69.7 Å². The van der Waals surface area contributed by atoms with Gasteiger partial charge in [-0.3, -0.25) is 0 Å². The molecule has 0 bridgehead atoms. The highest BCUT2D eigenvalue weighted by molar-refractivity contribution is 5.66. The number of ether oxygens (including phenoxy) is 3. The first kappa shape index (κ1) is 15.9. The summed E-state index contributed by atoms with van der Waals surface area (Å²) in [7, 11) is 2.69. The summed E-state index contributed by atoms with van der Waals surface area (Å²) in [6.45, 7) is -1.58. The lowest BCUT2D eigenvalue weighted by molar-refractivity contribution is -0.154. The quantitative estimate of drug-likeness (QED) is 0.898. The standard InChI is InChI=1S/C11H13F3N2O4/c1-15-10(17)19-5-7-3-4-8(16-9(7)18-2)20-6-11(12,13)14/h3-4H,5-6H2,1-2H3,(H,15,17). The SMILES string of the molecule is CNC(=O)OCc1ccc(OCC(F)(F)F)nc1OC. The van der Waals surface area contributed by atoms with Crippen molar-refractivity contribution < 1.29 is 32.2 Å². The third-order valence-electron chi connectivity index (χ3n) is 2.05. The van der Waals surface area contributed by atoms with E-state index in [-0.39, 0.29) is 18.4 Å². The first-order valence-electron chi connectivity index (χ1n) is 5.43. The second-order valence-corrected chi connectivity index (χ2v) is 3.55. The number of nitrogens with zero attached hydrogens (tertiary/aromatic N) is 1. The van der Waals surface area contributed by atoms with Gasteiger partial charge < -0.3 is 19.5 Å². The minimum absolute atomic E-state index is 0.0218. The van der Waals surface area contributed by atoms with Crippen LogP contribution in [0.25, 0.3) is 0 Å². The molecule has 0 radical (unpaired) electrons. The molecule has 9 heteroatoms. The zero-order valence-corrected chi connectivity index (χ0v) is 10.8. The van der Waals surface area contributed by atoms with Crippen molar-refractivity contribution in [3.63, 3.8) is 0 Å². The Balaban J connectivity index is 2.72. The van der Waals surface area contributed by atoms with E-state index in [0.29, 0.717) is 5.56 Å². The van der Waals surface area contributed by atoms with Crippen LogP contribution in [0, 0.1) is 0 Å². The zero-order valence-electron chi connectivity index (χ0n) is 10.8. The van der Waals surface area contributed by atoms with Crippen molar-refractivity contribution in [2.24, 2.45) is 0 Å². The number of rotatable bonds is 5. The van der Waals surface area contributed by atoms with Crippen molar-refractivity contribution >= 4 is 6.09 Å². The van der Waals surface area contributed by atoms with E-state index in [2.05, 4.69) is 15.0 Å². The molecule has 0 aliphatic carbocycles. The molecule has 0 atom stereocenters. The summed E-state index contributed by atoms with van der Waals surface area (Å²) in [6, 6.07) is 2.64. The van der Waals surface area contributed by atoms with E-state index in [1.807, 2.05) is 0 Å². The van der Waals surface area contributed by atoms with Gasteiger partial charge in [0, 0.05) is 13.1 Å². The van der Waals surface area contributed by atoms with Gasteiger partial charge in [0.1, 0.15) is 6.61 Å². The second kappa shape index (κ2) is 6.83. The van der Waals surface area contributed by atoms with Crippen molar-refractivity contribution in [2.75, 3.05) is 20.8 Å². The molecule has 0 spiro atoms. The molecule has 0 saturated carbocycles. The first-order valence-corrected chi connectivity index (χ1v) is 5.43. The monoisotopic (exact) mass is 294 g/mol. The summed E-state index contributed by atoms with van der Waals surface area (Å²) in [6.07, 6.45) is -5.10. The average Bonchev–Trinajstić information content (AvgIpc) is 2.41. The fourth-order valence-electron chi connectivity index (χ4n) is 1.19. The minimum atomic E-state index is -4.45. The average molecular weight is 294 g/mol. The molecule has 1 aromatic heterocycles. The van der Waals surface area contributed by atoms with Crippen molar-refractivity contribution in [3.8, 4) is 11.8 Å². The van der Waals surface area contributed by atoms with Crippen LogP contribution < -0.4 is 14.8 Å². The van der Waals surface area contributed by atoms with Gasteiger partial charge in [0.2, 0.25) is 11.8 Å². The van der Waals surface area contributed by atoms with Gasteiger partial charge in [0.15, 0.2) is 6.61 Å². The van der Waals surface area contributed by atoms with Gasteiger partial charge in [-0.1, -0.05) is 0 Å². The molecular formula is C11H13F3N2O4. The van der Waals surface area contributed by atoms with Crippen LogP contribution in [0.15, 0.2) is 12.1 Å². The van der Waals surface area contributed by atoms with Crippen LogP contribution in [0.1, 0.15) is 5.56 Å². The Bertz CT molecular complexity index is 465. The highest BCUT2D eigenvalue weighted by Gasteiger charge is 2.28. The van der Waals surface area contributed by atoms with E-state index >= 15 is 0 Å². The molecule has 112 valence electrons. The number of aromatic nitrogens is 1. The summed E-state index contributed by atoms with van der Waals surface area (Å²) in [5, 5.41) is 2.25. The fraction of sp³-hybridized carbons (Fsp3) is 0.455. The van der Waals surface area contributed by atoms with Gasteiger partial charge >= 0.3 is 12.3 Å². The van der Waals surface area contributed by atoms with Gasteiger partial charge in [-0.2, -0.15) is 18.2 Å². The first-order chi connectivity index (χ1) is 9.35. The Morgan fingerprint density at radius 3 is 2.65 bits per heavy atom. The van der Waals surface area contributed by atoms with Gasteiger partial charge in [-0.15, -0.1) is 0 Å². The maximum atomic E-state index is 12.0. The van der Waals surface area contributed by atoms with Crippen LogP contribution in [0.2, 0.25) is 0 Å². The molecule has 0 aromatic carbocycles. The second-order valence-electron chi connectivity index (χ2n) is 3.55. The Labute approximate surface area is 112 Å². The normalized spacial score (nSPS) is 10.8. The van der Waals surface area contributed by atoms with Crippen molar-refractivity contribution in [3.05, 3.63) is 17.7 Å². The molecule has 1 heterocycles. The summed E-state index contributed by atoms with van der Waals surface area (Å²) in [5.41, 5.74) is 0.399. The van der Waals surface area contributed by atoms with E-state index < -0.39 is 18.9 Å². The van der Waals surface area contributed by atoms with E-state index in [1.54, 1.807) is 0 Å². The number of methoxy groups -OCH3 is 1. The minimum Gasteiger partial charge on any atom is -0.481 e. The van der Waals surface area contributed by atoms with Crippen LogP contribution in [-0.2, 0) is 11.3 Å². The molecule has 6 nitrogen and oxygen atoms in total. The van der Waals surface area contributed by atoms with E-state index in [4.69, 9.17) is 9.47 Å². The molecule has 0 saturated heterocycles. The number of hydrogen-bond acceptors (Lipinski definition) is 5. The molecule has 0 aliphatic heterocycles. The molecule has 1 N–H and O–H groups in total. The van der Waals surface area contributed by atoms with Crippen LogP contribution in [0.5, 0.6) is 11.8 Å². The molecule has 1 amide bonds. The Hall–Kier alpha value is -2.19. The molecular weight excluding hydrogens is 281 g/mol. The molecule has 20 heavy (non-hydrogen) atoms. The number of hydrogen-bond donors (Lipinski definition) is 1. The summed E-state index contributed by atoms with van der Waals surface area (Å²) >= 11 is 0. The number of carbonyl (C=O) groups is 1. The van der Waals surface area contributed by atoms with Crippen LogP contribution in [-0.4, -0.2) is 38.0 Å². The van der Waals surface area contributed by atoms with E-state index in [0.717, 1.165) is 0 Å². The number of alkyl carbamates (subject to hydrolysis) is 1. The lowest BCUT2D eigenvalue weighted by Gasteiger charge is -2.12. The molecule has 0 fully saturated rings. The van der Waals surface area contributed by atoms with E-state index in [1.165, 1.54) is 26.3 Å². The largest absolute Gasteiger partial charge is 0.481 e. The predicted octanol–water partition coefficient (Wildman–Crippen LogP) is 1.89. The lowest BCUT2D eigenvalue weighted by Crippen LogP contribution is -2.20. The van der Waals surface area contributed by atoms with Gasteiger partial charge in [-0.05, 0) is 6.07 Å². The zero-order chi connectivity index (χ0) is 15.2. The van der Waals surface area contributed by atoms with E-state index in [9.17, 15) is 18.0 Å².